The standard InChI is InChI=1S/C16H16ClN3O2/c1-20(9-14(21)19-12-4-5-12)16(22)13-8-11(17)7-10-3-2-6-18-15(10)13/h2-3,6-8,12H,4-5,9H2,1H3,(H,19,21). The number of likely N-dealkylation sites (N-methyl/N-ethyl adjacent to an activating group) is 1. The lowest BCUT2D eigenvalue weighted by Gasteiger charge is -2.17. The zero-order chi connectivity index (χ0) is 15.7. The molecular weight excluding hydrogens is 302 g/mol. The molecule has 0 bridgehead atoms. The Morgan fingerprint density at radius 1 is 1.41 bits per heavy atom. The first-order chi connectivity index (χ1) is 10.5. The van der Waals surface area contributed by atoms with E-state index < -0.39 is 0 Å². The highest BCUT2D eigenvalue weighted by Gasteiger charge is 2.25. The highest BCUT2D eigenvalue weighted by molar-refractivity contribution is 6.32. The number of fused-ring (bicyclic) bond motifs is 1. The van der Waals surface area contributed by atoms with Crippen molar-refractivity contribution in [1.29, 1.82) is 0 Å². The van der Waals surface area contributed by atoms with Gasteiger partial charge in [0.05, 0.1) is 17.6 Å². The van der Waals surface area contributed by atoms with Gasteiger partial charge in [-0.2, -0.15) is 0 Å². The molecule has 1 aliphatic rings. The Bertz CT molecular complexity index is 743. The van der Waals surface area contributed by atoms with Crippen LogP contribution in [0.3, 0.4) is 0 Å². The smallest absolute Gasteiger partial charge is 0.256 e. The third-order valence-electron chi connectivity index (χ3n) is 3.57. The van der Waals surface area contributed by atoms with E-state index in [9.17, 15) is 9.59 Å². The summed E-state index contributed by atoms with van der Waals surface area (Å²) in [6.45, 7) is 0.0240. The van der Waals surface area contributed by atoms with Crippen molar-refractivity contribution in [3.63, 3.8) is 0 Å². The molecule has 6 heteroatoms. The minimum atomic E-state index is -0.267. The molecular formula is C16H16ClN3O2. The van der Waals surface area contributed by atoms with Crippen LogP contribution in [0.4, 0.5) is 0 Å². The zero-order valence-electron chi connectivity index (χ0n) is 12.2. The predicted octanol–water partition coefficient (Wildman–Crippen LogP) is 2.24. The molecule has 1 aliphatic carbocycles. The number of carbonyl (C=O) groups is 2. The summed E-state index contributed by atoms with van der Waals surface area (Å²) < 4.78 is 0. The van der Waals surface area contributed by atoms with E-state index in [0.717, 1.165) is 18.2 Å². The van der Waals surface area contributed by atoms with E-state index in [1.54, 1.807) is 31.4 Å². The van der Waals surface area contributed by atoms with E-state index in [1.165, 1.54) is 4.90 Å². The van der Waals surface area contributed by atoms with Crippen LogP contribution in [0.25, 0.3) is 10.9 Å². The molecule has 2 aromatic rings. The molecule has 1 N–H and O–H groups in total. The topological polar surface area (TPSA) is 62.3 Å². The number of carbonyl (C=O) groups excluding carboxylic acids is 2. The lowest BCUT2D eigenvalue weighted by atomic mass is 10.1. The second-order valence-electron chi connectivity index (χ2n) is 5.53. The first-order valence-electron chi connectivity index (χ1n) is 7.13. The summed E-state index contributed by atoms with van der Waals surface area (Å²) in [5.74, 6) is -0.408. The third-order valence-corrected chi connectivity index (χ3v) is 3.79. The summed E-state index contributed by atoms with van der Waals surface area (Å²) in [6.07, 6.45) is 3.67. The Morgan fingerprint density at radius 2 is 2.18 bits per heavy atom. The fourth-order valence-corrected chi connectivity index (χ4v) is 2.54. The second-order valence-corrected chi connectivity index (χ2v) is 5.97. The first kappa shape index (κ1) is 14.8. The van der Waals surface area contributed by atoms with Gasteiger partial charge in [0.15, 0.2) is 0 Å². The van der Waals surface area contributed by atoms with E-state index in [4.69, 9.17) is 11.6 Å². The molecule has 0 radical (unpaired) electrons. The van der Waals surface area contributed by atoms with E-state index in [1.807, 2.05) is 6.07 Å². The van der Waals surface area contributed by atoms with Crippen LogP contribution in [-0.2, 0) is 4.79 Å². The number of hydrogen-bond acceptors (Lipinski definition) is 3. The Balaban J connectivity index is 1.82. The molecule has 0 unspecified atom stereocenters. The Kier molecular flexibility index (Phi) is 3.98. The van der Waals surface area contributed by atoms with Crippen molar-refractivity contribution >= 4 is 34.3 Å². The Labute approximate surface area is 133 Å². The second kappa shape index (κ2) is 5.93. The van der Waals surface area contributed by atoms with Crippen molar-refractivity contribution in [2.45, 2.75) is 18.9 Å². The maximum Gasteiger partial charge on any atom is 0.256 e. The molecule has 1 saturated carbocycles. The average molecular weight is 318 g/mol. The van der Waals surface area contributed by atoms with Gasteiger partial charge in [0.1, 0.15) is 0 Å². The van der Waals surface area contributed by atoms with Gasteiger partial charge in [0, 0.05) is 29.7 Å². The van der Waals surface area contributed by atoms with Crippen LogP contribution < -0.4 is 5.32 Å². The summed E-state index contributed by atoms with van der Waals surface area (Å²) in [6, 6.07) is 7.28. The summed E-state index contributed by atoms with van der Waals surface area (Å²) in [4.78, 5) is 30.1. The van der Waals surface area contributed by atoms with Gasteiger partial charge in [-0.25, -0.2) is 0 Å². The number of hydrogen-bond donors (Lipinski definition) is 1. The Hall–Kier alpha value is -2.14. The van der Waals surface area contributed by atoms with Crippen LogP contribution in [0, 0.1) is 0 Å². The molecule has 5 nitrogen and oxygen atoms in total. The number of benzene rings is 1. The van der Waals surface area contributed by atoms with Gasteiger partial charge in [0.25, 0.3) is 5.91 Å². The van der Waals surface area contributed by atoms with Crippen LogP contribution in [0.1, 0.15) is 23.2 Å². The van der Waals surface area contributed by atoms with Crippen LogP contribution in [-0.4, -0.2) is 41.3 Å². The zero-order valence-corrected chi connectivity index (χ0v) is 12.9. The van der Waals surface area contributed by atoms with Crippen molar-refractivity contribution in [1.82, 2.24) is 15.2 Å². The lowest BCUT2D eigenvalue weighted by Crippen LogP contribution is -2.39. The van der Waals surface area contributed by atoms with Crippen LogP contribution >= 0.6 is 11.6 Å². The Morgan fingerprint density at radius 3 is 2.91 bits per heavy atom. The largest absolute Gasteiger partial charge is 0.352 e. The highest BCUT2D eigenvalue weighted by Crippen LogP contribution is 2.23. The summed E-state index contributed by atoms with van der Waals surface area (Å²) in [5.41, 5.74) is 0.996. The third kappa shape index (κ3) is 3.20. The predicted molar refractivity (Wildman–Crippen MR) is 84.9 cm³/mol. The maximum absolute atomic E-state index is 12.6. The summed E-state index contributed by atoms with van der Waals surface area (Å²) >= 11 is 6.08. The van der Waals surface area contributed by atoms with Crippen molar-refractivity contribution in [2.24, 2.45) is 0 Å². The molecule has 0 aliphatic heterocycles. The fraction of sp³-hybridized carbons (Fsp3) is 0.312. The first-order valence-corrected chi connectivity index (χ1v) is 7.51. The normalized spacial score (nSPS) is 13.9. The molecule has 1 aromatic carbocycles. The number of rotatable bonds is 4. The van der Waals surface area contributed by atoms with Crippen LogP contribution in [0.2, 0.25) is 5.02 Å². The van der Waals surface area contributed by atoms with Crippen LogP contribution in [0.15, 0.2) is 30.5 Å². The van der Waals surface area contributed by atoms with Gasteiger partial charge in [0.2, 0.25) is 5.91 Å². The van der Waals surface area contributed by atoms with Crippen molar-refractivity contribution < 1.29 is 9.59 Å². The number of pyridine rings is 1. The van der Waals surface area contributed by atoms with Crippen LogP contribution in [0.5, 0.6) is 0 Å². The summed E-state index contributed by atoms with van der Waals surface area (Å²) in [7, 11) is 1.60. The fourth-order valence-electron chi connectivity index (χ4n) is 2.31. The highest BCUT2D eigenvalue weighted by atomic mass is 35.5. The molecule has 1 aromatic heterocycles. The van der Waals surface area contributed by atoms with Gasteiger partial charge >= 0.3 is 0 Å². The van der Waals surface area contributed by atoms with Gasteiger partial charge in [-0.3, -0.25) is 14.6 Å². The molecule has 2 amide bonds. The SMILES string of the molecule is CN(CC(=O)NC1CC1)C(=O)c1cc(Cl)cc2cccnc12. The minimum absolute atomic E-state index is 0.0240. The van der Waals surface area contributed by atoms with Crippen molar-refractivity contribution in [3.8, 4) is 0 Å². The molecule has 0 spiro atoms. The van der Waals surface area contributed by atoms with Crippen molar-refractivity contribution in [2.75, 3.05) is 13.6 Å². The number of nitrogens with one attached hydrogen (secondary N) is 1. The quantitative estimate of drug-likeness (QED) is 0.940. The molecule has 114 valence electrons. The molecule has 0 atom stereocenters. The van der Waals surface area contributed by atoms with E-state index in [2.05, 4.69) is 10.3 Å². The molecule has 22 heavy (non-hydrogen) atoms. The van der Waals surface area contributed by atoms with Crippen molar-refractivity contribution in [3.05, 3.63) is 41.0 Å². The van der Waals surface area contributed by atoms with Gasteiger partial charge in [-0.1, -0.05) is 17.7 Å². The molecule has 1 fully saturated rings. The maximum atomic E-state index is 12.6. The lowest BCUT2D eigenvalue weighted by molar-refractivity contribution is -0.121. The average Bonchev–Trinajstić information content (AvgIpc) is 3.29. The number of nitrogens with zero attached hydrogens (tertiary/aromatic N) is 2. The number of aromatic nitrogens is 1. The van der Waals surface area contributed by atoms with Gasteiger partial charge in [-0.15, -0.1) is 0 Å². The monoisotopic (exact) mass is 317 g/mol. The number of halogens is 1. The van der Waals surface area contributed by atoms with Gasteiger partial charge in [-0.05, 0) is 31.0 Å². The van der Waals surface area contributed by atoms with E-state index in [0.29, 0.717) is 16.1 Å². The van der Waals surface area contributed by atoms with Gasteiger partial charge < -0.3 is 10.2 Å². The molecule has 0 saturated heterocycles. The minimum Gasteiger partial charge on any atom is -0.352 e. The molecule has 1 heterocycles. The number of amides is 2. The van der Waals surface area contributed by atoms with E-state index >= 15 is 0 Å². The molecule has 3 rings (SSSR count). The van der Waals surface area contributed by atoms with E-state index in [-0.39, 0.29) is 24.4 Å². The summed E-state index contributed by atoms with van der Waals surface area (Å²) in [5, 5.41) is 4.14.